The molecule has 2 bridgehead atoms. The molecule has 0 aromatic heterocycles. The fourth-order valence-electron chi connectivity index (χ4n) is 5.30. The third-order valence-corrected chi connectivity index (χ3v) is 6.94. The SMILES string of the molecule is O=C(O[C@H]1C[N+]2(CCO)CCC1CC2)C1(O)c2ccccc2Oc2ccccc21.[Br-]. The van der Waals surface area contributed by atoms with Gasteiger partial charge in [0.25, 0.3) is 0 Å². The Kier molecular flexibility index (Phi) is 5.66. The summed E-state index contributed by atoms with van der Waals surface area (Å²) in [5, 5.41) is 21.2. The first-order chi connectivity index (χ1) is 14.1. The van der Waals surface area contributed by atoms with Gasteiger partial charge in [-0.2, -0.15) is 0 Å². The van der Waals surface area contributed by atoms with E-state index in [-0.39, 0.29) is 29.7 Å². The molecule has 1 atom stereocenters. The summed E-state index contributed by atoms with van der Waals surface area (Å²) in [6.45, 7) is 3.55. The Labute approximate surface area is 186 Å². The summed E-state index contributed by atoms with van der Waals surface area (Å²) in [6, 6.07) is 14.1. The van der Waals surface area contributed by atoms with E-state index in [4.69, 9.17) is 9.47 Å². The Bertz CT molecular complexity index is 890. The van der Waals surface area contributed by atoms with Crippen LogP contribution in [0.1, 0.15) is 24.0 Å². The van der Waals surface area contributed by atoms with Crippen molar-refractivity contribution in [1.82, 2.24) is 0 Å². The van der Waals surface area contributed by atoms with E-state index in [1.807, 2.05) is 12.1 Å². The van der Waals surface area contributed by atoms with Gasteiger partial charge >= 0.3 is 5.97 Å². The molecule has 4 aliphatic heterocycles. The number of para-hydroxylation sites is 2. The lowest BCUT2D eigenvalue weighted by Crippen LogP contribution is -3.00. The molecular weight excluding hydrogens is 450 g/mol. The van der Waals surface area contributed by atoms with Crippen LogP contribution in [0, 0.1) is 5.92 Å². The number of nitrogens with zero attached hydrogens (tertiary/aromatic N) is 1. The fourth-order valence-corrected chi connectivity index (χ4v) is 5.30. The number of hydrogen-bond acceptors (Lipinski definition) is 5. The molecule has 6 nitrogen and oxygen atoms in total. The maximum absolute atomic E-state index is 13.5. The highest BCUT2D eigenvalue weighted by Crippen LogP contribution is 2.48. The average Bonchev–Trinajstić information content (AvgIpc) is 2.75. The van der Waals surface area contributed by atoms with Crippen LogP contribution in [0.3, 0.4) is 0 Å². The highest BCUT2D eigenvalue weighted by Gasteiger charge is 2.52. The molecule has 0 unspecified atom stereocenters. The summed E-state index contributed by atoms with van der Waals surface area (Å²) in [5.41, 5.74) is -1.09. The second kappa shape index (κ2) is 7.96. The van der Waals surface area contributed by atoms with Crippen LogP contribution in [0.4, 0.5) is 0 Å². The minimum atomic E-state index is -1.90. The van der Waals surface area contributed by atoms with E-state index >= 15 is 0 Å². The van der Waals surface area contributed by atoms with Crippen molar-refractivity contribution in [2.45, 2.75) is 24.5 Å². The van der Waals surface area contributed by atoms with E-state index in [1.165, 1.54) is 0 Å². The van der Waals surface area contributed by atoms with Gasteiger partial charge in [0.15, 0.2) is 6.10 Å². The highest BCUT2D eigenvalue weighted by molar-refractivity contribution is 5.88. The number of rotatable bonds is 4. The lowest BCUT2D eigenvalue weighted by atomic mass is 9.81. The van der Waals surface area contributed by atoms with Crippen LogP contribution >= 0.6 is 0 Å². The van der Waals surface area contributed by atoms with Crippen LogP contribution in [0.2, 0.25) is 0 Å². The molecule has 0 aliphatic carbocycles. The lowest BCUT2D eigenvalue weighted by Gasteiger charge is -2.52. The second-order valence-electron chi connectivity index (χ2n) is 8.50. The van der Waals surface area contributed by atoms with Crippen molar-refractivity contribution in [3.8, 4) is 11.5 Å². The van der Waals surface area contributed by atoms with Gasteiger partial charge in [0, 0.05) is 29.9 Å². The van der Waals surface area contributed by atoms with Crippen LogP contribution in [0.15, 0.2) is 48.5 Å². The summed E-state index contributed by atoms with van der Waals surface area (Å²) in [4.78, 5) is 13.5. The second-order valence-corrected chi connectivity index (χ2v) is 8.50. The Hall–Kier alpha value is -1.93. The first-order valence-corrected chi connectivity index (χ1v) is 10.3. The summed E-state index contributed by atoms with van der Waals surface area (Å²) < 4.78 is 12.7. The number of fused-ring (bicyclic) bond motifs is 5. The number of aliphatic hydroxyl groups is 2. The monoisotopic (exact) mass is 475 g/mol. The summed E-state index contributed by atoms with van der Waals surface area (Å²) in [7, 11) is 0. The van der Waals surface area contributed by atoms with Crippen molar-refractivity contribution in [3.05, 3.63) is 59.7 Å². The van der Waals surface area contributed by atoms with Crippen LogP contribution in [-0.2, 0) is 15.1 Å². The molecule has 0 saturated carbocycles. The van der Waals surface area contributed by atoms with Gasteiger partial charge in [-0.1, -0.05) is 36.4 Å². The van der Waals surface area contributed by atoms with Crippen molar-refractivity contribution < 1.29 is 45.9 Å². The molecule has 2 N–H and O–H groups in total. The minimum absolute atomic E-state index is 0. The number of ether oxygens (including phenoxy) is 2. The third kappa shape index (κ3) is 3.24. The van der Waals surface area contributed by atoms with Crippen molar-refractivity contribution in [1.29, 1.82) is 0 Å². The van der Waals surface area contributed by atoms with E-state index in [0.717, 1.165) is 30.4 Å². The van der Waals surface area contributed by atoms with E-state index in [0.29, 0.717) is 41.6 Å². The molecule has 2 aromatic carbocycles. The van der Waals surface area contributed by atoms with Crippen molar-refractivity contribution >= 4 is 5.97 Å². The maximum Gasteiger partial charge on any atom is 0.348 e. The zero-order valence-corrected chi connectivity index (χ0v) is 18.3. The first-order valence-electron chi connectivity index (χ1n) is 10.3. The molecule has 4 aliphatic rings. The number of aliphatic hydroxyl groups excluding tert-OH is 1. The van der Waals surface area contributed by atoms with Gasteiger partial charge in [-0.3, -0.25) is 0 Å². The van der Waals surface area contributed by atoms with Crippen LogP contribution < -0.4 is 21.7 Å². The van der Waals surface area contributed by atoms with Gasteiger partial charge in [0.05, 0.1) is 19.7 Å². The van der Waals surface area contributed by atoms with Gasteiger partial charge in [0.1, 0.15) is 24.6 Å². The zero-order valence-electron chi connectivity index (χ0n) is 16.7. The molecule has 7 heteroatoms. The van der Waals surface area contributed by atoms with Crippen LogP contribution in [0.25, 0.3) is 0 Å². The Balaban J connectivity index is 0.00000218. The van der Waals surface area contributed by atoms with E-state index in [9.17, 15) is 15.0 Å². The van der Waals surface area contributed by atoms with Crippen molar-refractivity contribution in [3.63, 3.8) is 0 Å². The molecule has 0 amide bonds. The Morgan fingerprint density at radius 3 is 2.20 bits per heavy atom. The zero-order chi connectivity index (χ0) is 20.1. The molecule has 3 fully saturated rings. The first kappa shape index (κ1) is 21.3. The smallest absolute Gasteiger partial charge is 0.348 e. The number of carbonyl (C=O) groups is 1. The van der Waals surface area contributed by atoms with Crippen LogP contribution in [0.5, 0.6) is 11.5 Å². The van der Waals surface area contributed by atoms with Crippen molar-refractivity contribution in [2.24, 2.45) is 5.92 Å². The number of piperidine rings is 3. The molecule has 3 saturated heterocycles. The van der Waals surface area contributed by atoms with E-state index in [2.05, 4.69) is 0 Å². The lowest BCUT2D eigenvalue weighted by molar-refractivity contribution is -0.946. The molecule has 160 valence electrons. The largest absolute Gasteiger partial charge is 1.00 e. The molecule has 0 radical (unpaired) electrons. The molecular formula is C23H26BrNO5. The van der Waals surface area contributed by atoms with Crippen molar-refractivity contribution in [2.75, 3.05) is 32.8 Å². The van der Waals surface area contributed by atoms with E-state index < -0.39 is 11.6 Å². The Morgan fingerprint density at radius 1 is 1.07 bits per heavy atom. The molecule has 30 heavy (non-hydrogen) atoms. The molecule has 6 rings (SSSR count). The Morgan fingerprint density at radius 2 is 1.63 bits per heavy atom. The van der Waals surface area contributed by atoms with Crippen LogP contribution in [-0.4, -0.2) is 59.6 Å². The van der Waals surface area contributed by atoms with Gasteiger partial charge in [0.2, 0.25) is 5.60 Å². The summed E-state index contributed by atoms with van der Waals surface area (Å²) in [6.07, 6.45) is 1.71. The highest BCUT2D eigenvalue weighted by atomic mass is 79.9. The number of hydrogen-bond donors (Lipinski definition) is 2. The number of benzene rings is 2. The quantitative estimate of drug-likeness (QED) is 0.446. The predicted molar refractivity (Wildman–Crippen MR) is 105 cm³/mol. The number of esters is 1. The number of quaternary nitrogens is 1. The summed E-state index contributed by atoms with van der Waals surface area (Å²) in [5.74, 6) is 0.583. The number of carbonyl (C=O) groups excluding carboxylic acids is 1. The predicted octanol–water partition coefficient (Wildman–Crippen LogP) is -0.823. The van der Waals surface area contributed by atoms with Gasteiger partial charge in [-0.15, -0.1) is 0 Å². The standard InChI is InChI=1S/C23H26NO5.BrH/c25-14-13-24-11-9-16(10-12-24)21(15-24)29-22(26)23(27)17-5-1-3-7-19(17)28-20-8-4-2-6-18(20)23;/h1-8,16,21,25,27H,9-15H2;1H/q+1;/p-1/t16?,21-,24?;/m0./s1. The third-order valence-electron chi connectivity index (χ3n) is 6.94. The molecule has 4 heterocycles. The van der Waals surface area contributed by atoms with Gasteiger partial charge < -0.3 is 41.2 Å². The minimum Gasteiger partial charge on any atom is -1.00 e. The average molecular weight is 476 g/mol. The molecule has 2 aromatic rings. The topological polar surface area (TPSA) is 76.0 Å². The maximum atomic E-state index is 13.5. The fraction of sp³-hybridized carbons (Fsp3) is 0.435. The van der Waals surface area contributed by atoms with E-state index in [1.54, 1.807) is 36.4 Å². The molecule has 0 spiro atoms. The van der Waals surface area contributed by atoms with Gasteiger partial charge in [-0.25, -0.2) is 4.79 Å². The normalized spacial score (nSPS) is 27.8. The summed E-state index contributed by atoms with van der Waals surface area (Å²) >= 11 is 0. The number of halogens is 1. The van der Waals surface area contributed by atoms with Gasteiger partial charge in [-0.05, 0) is 12.1 Å².